The lowest BCUT2D eigenvalue weighted by atomic mass is 10.1. The molecule has 1 amide bonds. The van der Waals surface area contributed by atoms with E-state index in [0.717, 1.165) is 4.47 Å². The zero-order valence-electron chi connectivity index (χ0n) is 9.89. The first-order valence-corrected chi connectivity index (χ1v) is 6.66. The van der Waals surface area contributed by atoms with Crippen LogP contribution in [0.4, 0.5) is 4.79 Å². The van der Waals surface area contributed by atoms with E-state index in [0.29, 0.717) is 38.1 Å². The Labute approximate surface area is 114 Å². The van der Waals surface area contributed by atoms with Crippen molar-refractivity contribution in [3.05, 3.63) is 34.3 Å². The van der Waals surface area contributed by atoms with E-state index in [1.54, 1.807) is 17.0 Å². The summed E-state index contributed by atoms with van der Waals surface area (Å²) in [5, 5.41) is 0. The molecule has 1 fully saturated rings. The third kappa shape index (κ3) is 3.32. The van der Waals surface area contributed by atoms with Gasteiger partial charge in [0.1, 0.15) is 6.61 Å². The first-order valence-electron chi connectivity index (χ1n) is 5.87. The molecule has 1 aromatic carbocycles. The SMILES string of the molecule is O=C(CCCN1CCOC1=O)c1ccc(Br)cc1. The normalized spacial score (nSPS) is 14.7. The Kier molecular flexibility index (Phi) is 4.36. The fraction of sp³-hybridized carbons (Fsp3) is 0.385. The Balaban J connectivity index is 1.78. The van der Waals surface area contributed by atoms with Crippen molar-refractivity contribution >= 4 is 27.8 Å². The van der Waals surface area contributed by atoms with E-state index in [1.807, 2.05) is 12.1 Å². The number of Topliss-reactive ketones (excluding diaryl/α,β-unsaturated/α-hetero) is 1. The monoisotopic (exact) mass is 311 g/mol. The van der Waals surface area contributed by atoms with Crippen molar-refractivity contribution in [3.63, 3.8) is 0 Å². The highest BCUT2D eigenvalue weighted by Crippen LogP contribution is 2.13. The Morgan fingerprint density at radius 1 is 1.33 bits per heavy atom. The van der Waals surface area contributed by atoms with Crippen molar-refractivity contribution in [1.29, 1.82) is 0 Å². The van der Waals surface area contributed by atoms with Crippen molar-refractivity contribution in [2.45, 2.75) is 12.8 Å². The topological polar surface area (TPSA) is 46.6 Å². The summed E-state index contributed by atoms with van der Waals surface area (Å²) < 4.78 is 5.77. The van der Waals surface area contributed by atoms with Gasteiger partial charge in [-0.1, -0.05) is 28.1 Å². The number of ketones is 1. The van der Waals surface area contributed by atoms with E-state index in [-0.39, 0.29) is 11.9 Å². The summed E-state index contributed by atoms with van der Waals surface area (Å²) in [7, 11) is 0. The Hall–Kier alpha value is -1.36. The van der Waals surface area contributed by atoms with Gasteiger partial charge in [0.05, 0.1) is 6.54 Å². The first kappa shape index (κ1) is 13.1. The number of hydrogen-bond donors (Lipinski definition) is 0. The summed E-state index contributed by atoms with van der Waals surface area (Å²) in [5.41, 5.74) is 0.710. The van der Waals surface area contributed by atoms with E-state index in [4.69, 9.17) is 4.74 Å². The second-order valence-electron chi connectivity index (χ2n) is 4.14. The molecular formula is C13H14BrNO3. The van der Waals surface area contributed by atoms with Crippen LogP contribution in [0.25, 0.3) is 0 Å². The molecule has 1 aliphatic rings. The molecule has 2 rings (SSSR count). The molecule has 0 saturated carbocycles. The summed E-state index contributed by atoms with van der Waals surface area (Å²) in [6.45, 7) is 1.67. The van der Waals surface area contributed by atoms with Crippen molar-refractivity contribution < 1.29 is 14.3 Å². The molecular weight excluding hydrogens is 298 g/mol. The Morgan fingerprint density at radius 2 is 2.06 bits per heavy atom. The van der Waals surface area contributed by atoms with Crippen molar-refractivity contribution in [2.75, 3.05) is 19.7 Å². The molecule has 5 heteroatoms. The van der Waals surface area contributed by atoms with E-state index in [1.165, 1.54) is 0 Å². The second-order valence-corrected chi connectivity index (χ2v) is 5.05. The molecule has 96 valence electrons. The van der Waals surface area contributed by atoms with E-state index < -0.39 is 0 Å². The lowest BCUT2D eigenvalue weighted by Gasteiger charge is -2.11. The molecule has 1 aliphatic heterocycles. The fourth-order valence-corrected chi connectivity index (χ4v) is 2.10. The summed E-state index contributed by atoms with van der Waals surface area (Å²) in [4.78, 5) is 24.7. The summed E-state index contributed by atoms with van der Waals surface area (Å²) >= 11 is 3.33. The molecule has 4 nitrogen and oxygen atoms in total. The van der Waals surface area contributed by atoms with Crippen molar-refractivity contribution in [2.24, 2.45) is 0 Å². The number of hydrogen-bond acceptors (Lipinski definition) is 3. The number of carbonyl (C=O) groups excluding carboxylic acids is 2. The van der Waals surface area contributed by atoms with Gasteiger partial charge in [-0.3, -0.25) is 4.79 Å². The molecule has 1 heterocycles. The van der Waals surface area contributed by atoms with Crippen molar-refractivity contribution in [1.82, 2.24) is 4.90 Å². The quantitative estimate of drug-likeness (QED) is 0.786. The molecule has 0 atom stereocenters. The number of rotatable bonds is 5. The predicted molar refractivity (Wildman–Crippen MR) is 70.6 cm³/mol. The maximum Gasteiger partial charge on any atom is 0.409 e. The Morgan fingerprint density at radius 3 is 2.67 bits per heavy atom. The van der Waals surface area contributed by atoms with Gasteiger partial charge in [-0.15, -0.1) is 0 Å². The second kappa shape index (κ2) is 6.00. The third-order valence-electron chi connectivity index (χ3n) is 2.84. The lowest BCUT2D eigenvalue weighted by Crippen LogP contribution is -2.25. The van der Waals surface area contributed by atoms with Gasteiger partial charge in [-0.25, -0.2) is 4.79 Å². The third-order valence-corrected chi connectivity index (χ3v) is 3.37. The van der Waals surface area contributed by atoms with Crippen LogP contribution in [0.2, 0.25) is 0 Å². The maximum atomic E-state index is 11.9. The van der Waals surface area contributed by atoms with Crippen LogP contribution in [-0.2, 0) is 4.74 Å². The van der Waals surface area contributed by atoms with Crippen molar-refractivity contribution in [3.8, 4) is 0 Å². The first-order chi connectivity index (χ1) is 8.66. The van der Waals surface area contributed by atoms with Gasteiger partial charge in [-0.05, 0) is 18.6 Å². The lowest BCUT2D eigenvalue weighted by molar-refractivity contribution is 0.0975. The van der Waals surface area contributed by atoms with Crippen LogP contribution in [0.3, 0.4) is 0 Å². The van der Waals surface area contributed by atoms with Gasteiger partial charge in [0.25, 0.3) is 0 Å². The molecule has 0 aromatic heterocycles. The minimum Gasteiger partial charge on any atom is -0.448 e. The average molecular weight is 312 g/mol. The Bertz CT molecular complexity index is 444. The zero-order valence-corrected chi connectivity index (χ0v) is 11.5. The minimum atomic E-state index is -0.272. The largest absolute Gasteiger partial charge is 0.448 e. The van der Waals surface area contributed by atoms with Gasteiger partial charge in [0, 0.05) is 23.0 Å². The van der Waals surface area contributed by atoms with E-state index >= 15 is 0 Å². The van der Waals surface area contributed by atoms with Crippen LogP contribution < -0.4 is 0 Å². The number of amides is 1. The molecule has 0 unspecified atom stereocenters. The summed E-state index contributed by atoms with van der Waals surface area (Å²) in [6, 6.07) is 7.31. The molecule has 0 bridgehead atoms. The minimum absolute atomic E-state index is 0.107. The van der Waals surface area contributed by atoms with Crippen LogP contribution >= 0.6 is 15.9 Å². The molecule has 0 aliphatic carbocycles. The van der Waals surface area contributed by atoms with Gasteiger partial charge < -0.3 is 9.64 Å². The number of carbonyl (C=O) groups is 2. The summed E-state index contributed by atoms with van der Waals surface area (Å²) in [6.07, 6.45) is 0.848. The fourth-order valence-electron chi connectivity index (χ4n) is 1.84. The molecule has 0 spiro atoms. The molecule has 1 saturated heterocycles. The van der Waals surface area contributed by atoms with Gasteiger partial charge >= 0.3 is 6.09 Å². The van der Waals surface area contributed by atoms with Gasteiger partial charge in [-0.2, -0.15) is 0 Å². The number of halogens is 1. The van der Waals surface area contributed by atoms with Crippen LogP contribution in [0.1, 0.15) is 23.2 Å². The number of nitrogens with zero attached hydrogens (tertiary/aromatic N) is 1. The van der Waals surface area contributed by atoms with E-state index in [9.17, 15) is 9.59 Å². The number of cyclic esters (lactones) is 1. The molecule has 0 N–H and O–H groups in total. The molecule has 0 radical (unpaired) electrons. The number of benzene rings is 1. The molecule has 1 aromatic rings. The van der Waals surface area contributed by atoms with Crippen LogP contribution in [0, 0.1) is 0 Å². The predicted octanol–water partition coefficient (Wildman–Crippen LogP) is 2.86. The van der Waals surface area contributed by atoms with E-state index in [2.05, 4.69) is 15.9 Å². The zero-order chi connectivity index (χ0) is 13.0. The highest BCUT2D eigenvalue weighted by molar-refractivity contribution is 9.10. The van der Waals surface area contributed by atoms with Crippen LogP contribution in [0.5, 0.6) is 0 Å². The van der Waals surface area contributed by atoms with Crippen LogP contribution in [0.15, 0.2) is 28.7 Å². The highest BCUT2D eigenvalue weighted by atomic mass is 79.9. The average Bonchev–Trinajstić information content (AvgIpc) is 2.76. The molecule has 18 heavy (non-hydrogen) atoms. The van der Waals surface area contributed by atoms with Gasteiger partial charge in [0.15, 0.2) is 5.78 Å². The maximum absolute atomic E-state index is 11.9. The highest BCUT2D eigenvalue weighted by Gasteiger charge is 2.21. The number of ether oxygens (including phenoxy) is 1. The van der Waals surface area contributed by atoms with Crippen LogP contribution in [-0.4, -0.2) is 36.5 Å². The van der Waals surface area contributed by atoms with Gasteiger partial charge in [0.2, 0.25) is 0 Å². The standard InChI is InChI=1S/C13H14BrNO3/c14-11-5-3-10(4-6-11)12(16)2-1-7-15-8-9-18-13(15)17/h3-6H,1-2,7-9H2. The summed E-state index contributed by atoms with van der Waals surface area (Å²) in [5.74, 6) is 0.107. The smallest absolute Gasteiger partial charge is 0.409 e.